The summed E-state index contributed by atoms with van der Waals surface area (Å²) in [6.45, 7) is 0. The Morgan fingerprint density at radius 2 is 2.00 bits per heavy atom. The van der Waals surface area contributed by atoms with Crippen LogP contribution in [0.5, 0.6) is 5.75 Å². The summed E-state index contributed by atoms with van der Waals surface area (Å²) in [5, 5.41) is 0.803. The lowest BCUT2D eigenvalue weighted by Gasteiger charge is -2.09. The van der Waals surface area contributed by atoms with E-state index in [1.165, 1.54) is 18.2 Å². The third-order valence-corrected chi connectivity index (χ3v) is 2.74. The molecule has 0 radical (unpaired) electrons. The summed E-state index contributed by atoms with van der Waals surface area (Å²) in [6.07, 6.45) is -2.86. The molecule has 0 N–H and O–H groups in total. The van der Waals surface area contributed by atoms with E-state index in [4.69, 9.17) is 0 Å². The number of hydrogen-bond acceptors (Lipinski definition) is 2. The van der Waals surface area contributed by atoms with Crippen LogP contribution in [-0.2, 0) is 0 Å². The van der Waals surface area contributed by atoms with Crippen molar-refractivity contribution in [2.75, 3.05) is 5.33 Å². The Bertz CT molecular complexity index is 405. The normalized spacial score (nSPS) is 11.3. The van der Waals surface area contributed by atoms with E-state index in [1.54, 1.807) is 0 Å². The fourth-order valence-corrected chi connectivity index (χ4v) is 1.79. The molecule has 100 valence electrons. The van der Waals surface area contributed by atoms with Gasteiger partial charge in [-0.25, -0.2) is 0 Å². The van der Waals surface area contributed by atoms with Crippen molar-refractivity contribution in [3.63, 3.8) is 0 Å². The number of hydrogen-bond donors (Lipinski definition) is 0. The molecule has 0 amide bonds. The number of ether oxygens (including phenoxy) is 1. The molecule has 6 heteroatoms. The van der Waals surface area contributed by atoms with Gasteiger partial charge < -0.3 is 4.74 Å². The van der Waals surface area contributed by atoms with Crippen LogP contribution in [0.4, 0.5) is 13.2 Å². The van der Waals surface area contributed by atoms with Crippen LogP contribution in [0.25, 0.3) is 0 Å². The van der Waals surface area contributed by atoms with E-state index in [0.717, 1.165) is 17.8 Å². The molecule has 0 aliphatic heterocycles. The molecule has 0 atom stereocenters. The third-order valence-electron chi connectivity index (χ3n) is 2.18. The van der Waals surface area contributed by atoms with Crippen molar-refractivity contribution < 1.29 is 22.7 Å². The van der Waals surface area contributed by atoms with Gasteiger partial charge >= 0.3 is 6.36 Å². The molecule has 0 saturated carbocycles. The minimum absolute atomic E-state index is 0.177. The Morgan fingerprint density at radius 3 is 2.61 bits per heavy atom. The lowest BCUT2D eigenvalue weighted by atomic mass is 10.1. The highest BCUT2D eigenvalue weighted by Gasteiger charge is 2.31. The van der Waals surface area contributed by atoms with Crippen molar-refractivity contribution in [3.8, 4) is 5.75 Å². The summed E-state index contributed by atoms with van der Waals surface area (Å²) < 4.78 is 39.8. The summed E-state index contributed by atoms with van der Waals surface area (Å²) in [5.41, 5.74) is 0.242. The average Bonchev–Trinajstić information content (AvgIpc) is 2.27. The van der Waals surface area contributed by atoms with E-state index in [-0.39, 0.29) is 17.1 Å². The fourth-order valence-electron chi connectivity index (χ4n) is 1.39. The summed E-state index contributed by atoms with van der Waals surface area (Å²) in [7, 11) is 0. The van der Waals surface area contributed by atoms with Crippen molar-refractivity contribution in [2.24, 2.45) is 0 Å². The molecule has 1 aromatic rings. The molecule has 0 aliphatic carbocycles. The molecule has 0 aliphatic rings. The minimum atomic E-state index is -4.74. The van der Waals surface area contributed by atoms with Crippen molar-refractivity contribution in [2.45, 2.75) is 25.6 Å². The Kier molecular flexibility index (Phi) is 5.65. The first-order chi connectivity index (χ1) is 8.42. The lowest BCUT2D eigenvalue weighted by molar-refractivity contribution is -0.274. The molecule has 0 aromatic heterocycles. The molecule has 1 aromatic carbocycles. The lowest BCUT2D eigenvalue weighted by Crippen LogP contribution is -2.17. The van der Waals surface area contributed by atoms with Crippen molar-refractivity contribution in [1.29, 1.82) is 0 Å². The molecule has 2 nitrogen and oxygen atoms in total. The molecule has 1 rings (SSSR count). The number of benzene rings is 1. The Balaban J connectivity index is 2.66. The first-order valence-corrected chi connectivity index (χ1v) is 6.49. The number of carbonyl (C=O) groups excluding carboxylic acids is 1. The smallest absolute Gasteiger partial charge is 0.406 e. The van der Waals surface area contributed by atoms with Gasteiger partial charge in [0, 0.05) is 17.3 Å². The van der Waals surface area contributed by atoms with Crippen LogP contribution >= 0.6 is 15.9 Å². The number of alkyl halides is 4. The van der Waals surface area contributed by atoms with Crippen LogP contribution in [0.1, 0.15) is 29.6 Å². The zero-order valence-corrected chi connectivity index (χ0v) is 11.1. The number of ketones is 1. The molecule has 0 spiro atoms. The predicted molar refractivity (Wildman–Crippen MR) is 65.1 cm³/mol. The van der Waals surface area contributed by atoms with Crippen LogP contribution in [0, 0.1) is 0 Å². The highest BCUT2D eigenvalue weighted by Crippen LogP contribution is 2.23. The van der Waals surface area contributed by atoms with Gasteiger partial charge in [-0.15, -0.1) is 13.2 Å². The number of unbranched alkanes of at least 4 members (excludes halogenated alkanes) is 1. The number of rotatable bonds is 6. The second-order valence-corrected chi connectivity index (χ2v) is 4.44. The van der Waals surface area contributed by atoms with Gasteiger partial charge in [0.25, 0.3) is 0 Å². The largest absolute Gasteiger partial charge is 0.573 e. The minimum Gasteiger partial charge on any atom is -0.406 e. The molecule has 0 fully saturated rings. The van der Waals surface area contributed by atoms with E-state index in [2.05, 4.69) is 20.7 Å². The van der Waals surface area contributed by atoms with Gasteiger partial charge in [0.15, 0.2) is 5.78 Å². The molecule has 0 heterocycles. The second kappa shape index (κ2) is 6.78. The van der Waals surface area contributed by atoms with E-state index in [1.807, 2.05) is 0 Å². The van der Waals surface area contributed by atoms with Gasteiger partial charge in [-0.05, 0) is 25.0 Å². The zero-order valence-electron chi connectivity index (χ0n) is 9.47. The number of halogens is 4. The van der Waals surface area contributed by atoms with Crippen LogP contribution in [0.2, 0.25) is 0 Å². The Labute approximate surface area is 111 Å². The number of Topliss-reactive ketones (excluding diaryl/α,β-unsaturated/α-hetero) is 1. The standard InChI is InChI=1S/C12H12BrF3O2/c13-7-2-1-6-11(17)9-4-3-5-10(8-9)18-12(14,15)16/h3-5,8H,1-2,6-7H2. The molecular weight excluding hydrogens is 313 g/mol. The summed E-state index contributed by atoms with van der Waals surface area (Å²) in [6, 6.07) is 5.14. The third kappa shape index (κ3) is 5.53. The monoisotopic (exact) mass is 324 g/mol. The van der Waals surface area contributed by atoms with E-state index in [9.17, 15) is 18.0 Å². The molecule has 18 heavy (non-hydrogen) atoms. The maximum absolute atomic E-state index is 12.0. The van der Waals surface area contributed by atoms with Gasteiger partial charge in [-0.2, -0.15) is 0 Å². The highest BCUT2D eigenvalue weighted by molar-refractivity contribution is 9.09. The fraction of sp³-hybridized carbons (Fsp3) is 0.417. The zero-order chi connectivity index (χ0) is 13.6. The maximum Gasteiger partial charge on any atom is 0.573 e. The van der Waals surface area contributed by atoms with Gasteiger partial charge in [0.05, 0.1) is 0 Å². The number of carbonyl (C=O) groups is 1. The van der Waals surface area contributed by atoms with Gasteiger partial charge in [0.2, 0.25) is 0 Å². The first-order valence-electron chi connectivity index (χ1n) is 5.37. The maximum atomic E-state index is 12.0. The van der Waals surface area contributed by atoms with Crippen molar-refractivity contribution >= 4 is 21.7 Å². The molecule has 0 bridgehead atoms. The Hall–Kier alpha value is -1.04. The molecule has 0 saturated heterocycles. The average molecular weight is 325 g/mol. The van der Waals surface area contributed by atoms with Crippen LogP contribution in [-0.4, -0.2) is 17.5 Å². The van der Waals surface area contributed by atoms with Crippen LogP contribution in [0.15, 0.2) is 24.3 Å². The van der Waals surface area contributed by atoms with E-state index < -0.39 is 6.36 Å². The van der Waals surface area contributed by atoms with Crippen LogP contribution in [0.3, 0.4) is 0 Å². The van der Waals surface area contributed by atoms with Crippen LogP contribution < -0.4 is 4.74 Å². The first kappa shape index (κ1) is 15.0. The molecular formula is C12H12BrF3O2. The van der Waals surface area contributed by atoms with Gasteiger partial charge in [-0.1, -0.05) is 28.1 Å². The Morgan fingerprint density at radius 1 is 1.28 bits per heavy atom. The SMILES string of the molecule is O=C(CCCCBr)c1cccc(OC(F)(F)F)c1. The van der Waals surface area contributed by atoms with E-state index in [0.29, 0.717) is 12.8 Å². The predicted octanol–water partition coefficient (Wildman–Crippen LogP) is 4.33. The highest BCUT2D eigenvalue weighted by atomic mass is 79.9. The topological polar surface area (TPSA) is 26.3 Å². The summed E-state index contributed by atoms with van der Waals surface area (Å²) in [4.78, 5) is 11.7. The van der Waals surface area contributed by atoms with Crippen molar-refractivity contribution in [1.82, 2.24) is 0 Å². The van der Waals surface area contributed by atoms with Gasteiger partial charge in [-0.3, -0.25) is 4.79 Å². The van der Waals surface area contributed by atoms with Gasteiger partial charge in [0.1, 0.15) is 5.75 Å². The van der Waals surface area contributed by atoms with Crippen molar-refractivity contribution in [3.05, 3.63) is 29.8 Å². The second-order valence-electron chi connectivity index (χ2n) is 3.64. The quantitative estimate of drug-likeness (QED) is 0.442. The summed E-state index contributed by atoms with van der Waals surface area (Å²) in [5.74, 6) is -0.544. The molecule has 0 unspecified atom stereocenters. The summed E-state index contributed by atoms with van der Waals surface area (Å²) >= 11 is 3.24. The van der Waals surface area contributed by atoms with E-state index >= 15 is 0 Å².